The average Bonchev–Trinajstić information content (AvgIpc) is 3.42. The van der Waals surface area contributed by atoms with Gasteiger partial charge in [0, 0.05) is 72.1 Å². The fraction of sp³-hybridized carbons (Fsp3) is 0.429. The molecular formula is C28H38N6O4. The van der Waals surface area contributed by atoms with E-state index < -0.39 is 11.2 Å². The van der Waals surface area contributed by atoms with Crippen molar-refractivity contribution in [2.45, 2.75) is 65.6 Å². The molecular weight excluding hydrogens is 484 g/mol. The molecule has 4 rings (SSSR count). The molecule has 0 aliphatic rings. The normalized spacial score (nSPS) is 11.5. The predicted molar refractivity (Wildman–Crippen MR) is 148 cm³/mol. The maximum atomic E-state index is 11.5. The molecule has 10 heteroatoms. The van der Waals surface area contributed by atoms with E-state index in [0.29, 0.717) is 13.1 Å². The fourth-order valence-corrected chi connectivity index (χ4v) is 3.68. The zero-order chi connectivity index (χ0) is 27.8. The largest absolute Gasteiger partial charge is 0.444 e. The second-order valence-corrected chi connectivity index (χ2v) is 10.8. The molecule has 0 aromatic carbocycles. The number of aromatic nitrogens is 4. The summed E-state index contributed by atoms with van der Waals surface area (Å²) in [5, 5.41) is 7.68. The van der Waals surface area contributed by atoms with E-state index in [2.05, 4.69) is 30.6 Å². The molecule has 0 unspecified atom stereocenters. The summed E-state index contributed by atoms with van der Waals surface area (Å²) in [6.45, 7) is 12.1. The number of H-pyrrole nitrogens is 2. The Morgan fingerprint density at radius 3 is 1.50 bits per heavy atom. The maximum absolute atomic E-state index is 11.5. The van der Waals surface area contributed by atoms with Gasteiger partial charge in [0.2, 0.25) is 0 Å². The first-order chi connectivity index (χ1) is 17.9. The standard InChI is InChI=1S/2C14H19N3O2/c2*1-14(2,3)19-13(18)16-7-4-10-8-17-12-5-6-15-9-11(10)12/h2*5-6,8-9,17H,4,7H2,1-3H3,(H,16,18). The first-order valence-corrected chi connectivity index (χ1v) is 12.6. The highest BCUT2D eigenvalue weighted by atomic mass is 16.6. The maximum Gasteiger partial charge on any atom is 0.407 e. The molecule has 0 aliphatic carbocycles. The Labute approximate surface area is 222 Å². The first kappa shape index (κ1) is 28.5. The van der Waals surface area contributed by atoms with Crippen LogP contribution in [0, 0.1) is 0 Å². The summed E-state index contributed by atoms with van der Waals surface area (Å²) in [7, 11) is 0. The highest BCUT2D eigenvalue weighted by Gasteiger charge is 2.16. The van der Waals surface area contributed by atoms with Crippen LogP contribution >= 0.6 is 0 Å². The number of amides is 2. The molecule has 2 amide bonds. The number of fused-ring (bicyclic) bond motifs is 2. The smallest absolute Gasteiger partial charge is 0.407 e. The lowest BCUT2D eigenvalue weighted by Gasteiger charge is -2.19. The summed E-state index contributed by atoms with van der Waals surface area (Å²) in [5.74, 6) is 0. The second-order valence-electron chi connectivity index (χ2n) is 10.8. The summed E-state index contributed by atoms with van der Waals surface area (Å²) >= 11 is 0. The van der Waals surface area contributed by atoms with Crippen LogP contribution in [0.4, 0.5) is 9.59 Å². The first-order valence-electron chi connectivity index (χ1n) is 12.6. The average molecular weight is 523 g/mol. The van der Waals surface area contributed by atoms with Crippen molar-refractivity contribution in [3.63, 3.8) is 0 Å². The van der Waals surface area contributed by atoms with Gasteiger partial charge >= 0.3 is 12.2 Å². The van der Waals surface area contributed by atoms with Crippen LogP contribution in [-0.4, -0.2) is 56.4 Å². The lowest BCUT2D eigenvalue weighted by atomic mass is 10.1. The molecule has 204 valence electrons. The zero-order valence-corrected chi connectivity index (χ0v) is 23.0. The molecule has 0 saturated heterocycles. The van der Waals surface area contributed by atoms with E-state index in [4.69, 9.17) is 9.47 Å². The van der Waals surface area contributed by atoms with E-state index in [1.165, 1.54) is 0 Å². The topological polar surface area (TPSA) is 134 Å². The molecule has 0 fully saturated rings. The van der Waals surface area contributed by atoms with Crippen molar-refractivity contribution < 1.29 is 19.1 Å². The van der Waals surface area contributed by atoms with Crippen LogP contribution < -0.4 is 10.6 Å². The molecule has 4 heterocycles. The van der Waals surface area contributed by atoms with Crippen molar-refractivity contribution in [2.24, 2.45) is 0 Å². The number of carbonyl (C=O) groups is 2. The molecule has 0 saturated carbocycles. The van der Waals surface area contributed by atoms with Gasteiger partial charge in [0.15, 0.2) is 0 Å². The highest BCUT2D eigenvalue weighted by molar-refractivity contribution is 5.82. The van der Waals surface area contributed by atoms with Gasteiger partial charge in [0.05, 0.1) is 0 Å². The third kappa shape index (κ3) is 9.10. The van der Waals surface area contributed by atoms with Crippen LogP contribution in [0.5, 0.6) is 0 Å². The van der Waals surface area contributed by atoms with Gasteiger partial charge in [-0.05, 0) is 77.6 Å². The van der Waals surface area contributed by atoms with E-state index in [1.54, 1.807) is 12.4 Å². The Morgan fingerprint density at radius 2 is 1.13 bits per heavy atom. The third-order valence-electron chi connectivity index (χ3n) is 5.26. The zero-order valence-electron chi connectivity index (χ0n) is 23.0. The number of rotatable bonds is 6. The fourth-order valence-electron chi connectivity index (χ4n) is 3.68. The van der Waals surface area contributed by atoms with E-state index in [0.717, 1.165) is 45.8 Å². The molecule has 4 N–H and O–H groups in total. The molecule has 4 aromatic heterocycles. The van der Waals surface area contributed by atoms with E-state index in [-0.39, 0.29) is 12.2 Å². The van der Waals surface area contributed by atoms with Crippen molar-refractivity contribution in [3.8, 4) is 0 Å². The van der Waals surface area contributed by atoms with Crippen LogP contribution in [0.2, 0.25) is 0 Å². The van der Waals surface area contributed by atoms with Gasteiger partial charge in [-0.25, -0.2) is 9.59 Å². The van der Waals surface area contributed by atoms with Gasteiger partial charge < -0.3 is 30.1 Å². The van der Waals surface area contributed by atoms with Crippen molar-refractivity contribution in [1.82, 2.24) is 30.6 Å². The Morgan fingerprint density at radius 1 is 0.737 bits per heavy atom. The van der Waals surface area contributed by atoms with E-state index >= 15 is 0 Å². The summed E-state index contributed by atoms with van der Waals surface area (Å²) in [5.41, 5.74) is 3.46. The molecule has 0 aliphatic heterocycles. The molecule has 0 spiro atoms. The highest BCUT2D eigenvalue weighted by Crippen LogP contribution is 2.17. The lowest BCUT2D eigenvalue weighted by Crippen LogP contribution is -2.33. The van der Waals surface area contributed by atoms with Gasteiger partial charge in [-0.3, -0.25) is 9.97 Å². The van der Waals surface area contributed by atoms with Crippen LogP contribution in [0.15, 0.2) is 49.3 Å². The molecule has 10 nitrogen and oxygen atoms in total. The van der Waals surface area contributed by atoms with Gasteiger partial charge in [-0.15, -0.1) is 0 Å². The summed E-state index contributed by atoms with van der Waals surface area (Å²) in [6, 6.07) is 3.86. The van der Waals surface area contributed by atoms with Crippen LogP contribution in [0.1, 0.15) is 52.7 Å². The Bertz CT molecular complexity index is 1240. The quantitative estimate of drug-likeness (QED) is 0.273. The minimum atomic E-state index is -0.464. The molecule has 38 heavy (non-hydrogen) atoms. The molecule has 0 bridgehead atoms. The van der Waals surface area contributed by atoms with Crippen molar-refractivity contribution >= 4 is 34.0 Å². The van der Waals surface area contributed by atoms with Crippen molar-refractivity contribution in [1.29, 1.82) is 0 Å². The predicted octanol–water partition coefficient (Wildman–Crippen LogP) is 5.26. The van der Waals surface area contributed by atoms with E-state index in [9.17, 15) is 9.59 Å². The number of alkyl carbamates (subject to hydrolysis) is 2. The Hall–Kier alpha value is -4.08. The summed E-state index contributed by atoms with van der Waals surface area (Å²) in [4.78, 5) is 37.6. The third-order valence-corrected chi connectivity index (χ3v) is 5.26. The van der Waals surface area contributed by atoms with Crippen LogP contribution in [0.3, 0.4) is 0 Å². The second kappa shape index (κ2) is 12.4. The molecule has 4 aromatic rings. The minimum absolute atomic E-state index is 0.384. The van der Waals surface area contributed by atoms with Gasteiger partial charge in [-0.2, -0.15) is 0 Å². The van der Waals surface area contributed by atoms with Crippen LogP contribution in [-0.2, 0) is 22.3 Å². The molecule has 0 atom stereocenters. The minimum Gasteiger partial charge on any atom is -0.444 e. The summed E-state index contributed by atoms with van der Waals surface area (Å²) in [6.07, 6.45) is 11.8. The SMILES string of the molecule is CC(C)(C)OC(=O)NCCc1c[nH]c2ccncc12.CC(C)(C)OC(=O)NCCc1c[nH]c2ccncc12. The number of aromatic amines is 2. The number of ether oxygens (including phenoxy) is 2. The van der Waals surface area contributed by atoms with E-state index in [1.807, 2.05) is 78.5 Å². The van der Waals surface area contributed by atoms with Gasteiger partial charge in [-0.1, -0.05) is 0 Å². The number of pyridine rings is 2. The number of nitrogens with one attached hydrogen (secondary N) is 4. The Balaban J connectivity index is 0.000000211. The number of hydrogen-bond donors (Lipinski definition) is 4. The van der Waals surface area contributed by atoms with Gasteiger partial charge in [0.25, 0.3) is 0 Å². The monoisotopic (exact) mass is 522 g/mol. The summed E-state index contributed by atoms with van der Waals surface area (Å²) < 4.78 is 10.3. The molecule has 0 radical (unpaired) electrons. The van der Waals surface area contributed by atoms with Crippen molar-refractivity contribution in [2.75, 3.05) is 13.1 Å². The van der Waals surface area contributed by atoms with Crippen molar-refractivity contribution in [3.05, 3.63) is 60.4 Å². The number of carbonyl (C=O) groups excluding carboxylic acids is 2. The van der Waals surface area contributed by atoms with Crippen LogP contribution in [0.25, 0.3) is 21.8 Å². The number of hydrogen-bond acceptors (Lipinski definition) is 6. The number of nitrogens with zero attached hydrogens (tertiary/aromatic N) is 2. The van der Waals surface area contributed by atoms with Gasteiger partial charge in [0.1, 0.15) is 11.2 Å². The Kier molecular flexibility index (Phi) is 9.33. The lowest BCUT2D eigenvalue weighted by molar-refractivity contribution is 0.0517.